The first-order valence-corrected chi connectivity index (χ1v) is 5.78. The fourth-order valence-corrected chi connectivity index (χ4v) is 1.41. The van der Waals surface area contributed by atoms with E-state index in [0.717, 1.165) is 23.7 Å². The number of ether oxygens (including phenoxy) is 1. The van der Waals surface area contributed by atoms with Crippen LogP contribution in [0.2, 0.25) is 0 Å². The molecule has 1 atom stereocenters. The summed E-state index contributed by atoms with van der Waals surface area (Å²) in [5.41, 5.74) is 2.03. The highest BCUT2D eigenvalue weighted by molar-refractivity contribution is 5.26. The Balaban J connectivity index is 2.63. The van der Waals surface area contributed by atoms with E-state index < -0.39 is 0 Å². The number of hydrogen-bond donors (Lipinski definition) is 1. The summed E-state index contributed by atoms with van der Waals surface area (Å²) in [5, 5.41) is 3.46. The van der Waals surface area contributed by atoms with Crippen molar-refractivity contribution < 1.29 is 4.74 Å². The number of aromatic nitrogens is 1. The van der Waals surface area contributed by atoms with Crippen LogP contribution in [-0.2, 0) is 6.54 Å². The lowest BCUT2D eigenvalue weighted by molar-refractivity contribution is 0.408. The van der Waals surface area contributed by atoms with Gasteiger partial charge in [-0.05, 0) is 19.8 Å². The Morgan fingerprint density at radius 1 is 1.31 bits per heavy atom. The summed E-state index contributed by atoms with van der Waals surface area (Å²) in [4.78, 5) is 4.47. The summed E-state index contributed by atoms with van der Waals surface area (Å²) in [6, 6.07) is 4.41. The van der Waals surface area contributed by atoms with Crippen LogP contribution in [0.5, 0.6) is 5.75 Å². The molecule has 1 rings (SSSR count). The molecule has 1 aromatic rings. The van der Waals surface area contributed by atoms with Gasteiger partial charge in [-0.15, -0.1) is 0 Å². The Bertz CT molecular complexity index is 337. The summed E-state index contributed by atoms with van der Waals surface area (Å²) in [7, 11) is 1.68. The van der Waals surface area contributed by atoms with Crippen molar-refractivity contribution >= 4 is 0 Å². The largest absolute Gasteiger partial charge is 0.497 e. The van der Waals surface area contributed by atoms with Crippen molar-refractivity contribution in [2.45, 2.75) is 40.3 Å². The standard InChI is InChI=1S/C13H22N2O/c1-9(2)11(4)14-8-12-7-13(16-5)6-10(3)15-12/h6-7,9,11,14H,8H2,1-5H3. The van der Waals surface area contributed by atoms with Gasteiger partial charge in [-0.2, -0.15) is 0 Å². The summed E-state index contributed by atoms with van der Waals surface area (Å²) in [5.74, 6) is 1.51. The van der Waals surface area contributed by atoms with E-state index in [9.17, 15) is 0 Å². The predicted molar refractivity (Wildman–Crippen MR) is 66.7 cm³/mol. The monoisotopic (exact) mass is 222 g/mol. The van der Waals surface area contributed by atoms with Gasteiger partial charge in [-0.1, -0.05) is 13.8 Å². The van der Waals surface area contributed by atoms with Gasteiger partial charge in [0.05, 0.1) is 12.8 Å². The van der Waals surface area contributed by atoms with Crippen molar-refractivity contribution in [3.63, 3.8) is 0 Å². The van der Waals surface area contributed by atoms with Crippen molar-refractivity contribution in [2.75, 3.05) is 7.11 Å². The molecule has 0 saturated heterocycles. The van der Waals surface area contributed by atoms with Gasteiger partial charge in [-0.25, -0.2) is 0 Å². The first kappa shape index (κ1) is 13.0. The van der Waals surface area contributed by atoms with E-state index in [1.54, 1.807) is 7.11 Å². The predicted octanol–water partition coefficient (Wildman–Crippen LogP) is 2.53. The average molecular weight is 222 g/mol. The van der Waals surface area contributed by atoms with Crippen LogP contribution in [0.4, 0.5) is 0 Å². The van der Waals surface area contributed by atoms with Gasteiger partial charge in [0.1, 0.15) is 5.75 Å². The third-order valence-electron chi connectivity index (χ3n) is 2.82. The molecule has 1 unspecified atom stereocenters. The molecule has 3 heteroatoms. The van der Waals surface area contributed by atoms with Gasteiger partial charge < -0.3 is 10.1 Å². The molecule has 0 fully saturated rings. The van der Waals surface area contributed by atoms with Crippen molar-refractivity contribution in [3.8, 4) is 5.75 Å². The van der Waals surface area contributed by atoms with E-state index in [2.05, 4.69) is 31.1 Å². The molecule has 0 saturated carbocycles. The molecule has 0 aromatic carbocycles. The second-order valence-electron chi connectivity index (χ2n) is 4.55. The molecular weight excluding hydrogens is 200 g/mol. The van der Waals surface area contributed by atoms with Crippen LogP contribution in [0.1, 0.15) is 32.2 Å². The highest BCUT2D eigenvalue weighted by Gasteiger charge is 2.07. The topological polar surface area (TPSA) is 34.1 Å². The van der Waals surface area contributed by atoms with Crippen molar-refractivity contribution in [1.29, 1.82) is 0 Å². The van der Waals surface area contributed by atoms with Gasteiger partial charge in [-0.3, -0.25) is 4.98 Å². The number of aryl methyl sites for hydroxylation is 1. The summed E-state index contributed by atoms with van der Waals surface area (Å²) in [6.45, 7) is 9.39. The zero-order valence-electron chi connectivity index (χ0n) is 10.9. The minimum Gasteiger partial charge on any atom is -0.497 e. The summed E-state index contributed by atoms with van der Waals surface area (Å²) < 4.78 is 5.22. The van der Waals surface area contributed by atoms with Crippen LogP contribution < -0.4 is 10.1 Å². The van der Waals surface area contributed by atoms with E-state index >= 15 is 0 Å². The maximum absolute atomic E-state index is 5.22. The molecule has 1 heterocycles. The molecule has 1 N–H and O–H groups in total. The fraction of sp³-hybridized carbons (Fsp3) is 0.615. The molecule has 0 radical (unpaired) electrons. The molecular formula is C13H22N2O. The molecule has 0 bridgehead atoms. The smallest absolute Gasteiger partial charge is 0.122 e. The Hall–Kier alpha value is -1.09. The second kappa shape index (κ2) is 5.85. The molecule has 3 nitrogen and oxygen atoms in total. The quantitative estimate of drug-likeness (QED) is 0.831. The third kappa shape index (κ3) is 3.81. The molecule has 0 aliphatic rings. The summed E-state index contributed by atoms with van der Waals surface area (Å²) >= 11 is 0. The molecule has 0 aliphatic heterocycles. The van der Waals surface area contributed by atoms with Gasteiger partial charge >= 0.3 is 0 Å². The van der Waals surface area contributed by atoms with Crippen LogP contribution in [0, 0.1) is 12.8 Å². The number of nitrogens with one attached hydrogen (secondary N) is 1. The van der Waals surface area contributed by atoms with Crippen LogP contribution >= 0.6 is 0 Å². The Morgan fingerprint density at radius 2 is 2.00 bits per heavy atom. The number of methoxy groups -OCH3 is 1. The fourth-order valence-electron chi connectivity index (χ4n) is 1.41. The van der Waals surface area contributed by atoms with Crippen LogP contribution in [0.3, 0.4) is 0 Å². The van der Waals surface area contributed by atoms with E-state index in [1.807, 2.05) is 19.1 Å². The molecule has 0 spiro atoms. The number of pyridine rings is 1. The SMILES string of the molecule is COc1cc(C)nc(CNC(C)C(C)C)c1. The normalized spacial score (nSPS) is 12.9. The van der Waals surface area contributed by atoms with Gasteiger partial charge in [0, 0.05) is 30.4 Å². The maximum atomic E-state index is 5.22. The van der Waals surface area contributed by atoms with Crippen molar-refractivity contribution in [3.05, 3.63) is 23.5 Å². The van der Waals surface area contributed by atoms with Crippen LogP contribution in [0.25, 0.3) is 0 Å². The Morgan fingerprint density at radius 3 is 2.56 bits per heavy atom. The molecule has 90 valence electrons. The minimum atomic E-state index is 0.494. The first-order valence-electron chi connectivity index (χ1n) is 5.78. The number of hydrogen-bond acceptors (Lipinski definition) is 3. The molecule has 0 amide bonds. The maximum Gasteiger partial charge on any atom is 0.122 e. The Labute approximate surface area is 98.2 Å². The van der Waals surface area contributed by atoms with Crippen LogP contribution in [-0.4, -0.2) is 18.1 Å². The highest BCUT2D eigenvalue weighted by Crippen LogP contribution is 2.13. The molecule has 1 aromatic heterocycles. The lowest BCUT2D eigenvalue weighted by Crippen LogP contribution is -2.30. The minimum absolute atomic E-state index is 0.494. The van der Waals surface area contributed by atoms with E-state index in [0.29, 0.717) is 12.0 Å². The zero-order chi connectivity index (χ0) is 12.1. The van der Waals surface area contributed by atoms with E-state index in [-0.39, 0.29) is 0 Å². The Kier molecular flexibility index (Phi) is 4.74. The van der Waals surface area contributed by atoms with Crippen LogP contribution in [0.15, 0.2) is 12.1 Å². The van der Waals surface area contributed by atoms with E-state index in [4.69, 9.17) is 4.74 Å². The highest BCUT2D eigenvalue weighted by atomic mass is 16.5. The lowest BCUT2D eigenvalue weighted by atomic mass is 10.1. The van der Waals surface area contributed by atoms with Gasteiger partial charge in [0.25, 0.3) is 0 Å². The van der Waals surface area contributed by atoms with Crippen molar-refractivity contribution in [1.82, 2.24) is 10.3 Å². The first-order chi connectivity index (χ1) is 7.52. The molecule has 16 heavy (non-hydrogen) atoms. The second-order valence-corrected chi connectivity index (χ2v) is 4.55. The average Bonchev–Trinajstić information content (AvgIpc) is 2.24. The van der Waals surface area contributed by atoms with Gasteiger partial charge in [0.15, 0.2) is 0 Å². The number of nitrogens with zero attached hydrogens (tertiary/aromatic N) is 1. The zero-order valence-corrected chi connectivity index (χ0v) is 10.9. The lowest BCUT2D eigenvalue weighted by Gasteiger charge is -2.17. The molecule has 0 aliphatic carbocycles. The van der Waals surface area contributed by atoms with Gasteiger partial charge in [0.2, 0.25) is 0 Å². The van der Waals surface area contributed by atoms with Crippen molar-refractivity contribution in [2.24, 2.45) is 5.92 Å². The number of rotatable bonds is 5. The third-order valence-corrected chi connectivity index (χ3v) is 2.82. The van der Waals surface area contributed by atoms with E-state index in [1.165, 1.54) is 0 Å². The summed E-state index contributed by atoms with van der Waals surface area (Å²) in [6.07, 6.45) is 0.